The van der Waals surface area contributed by atoms with Crippen molar-refractivity contribution >= 4 is 39.7 Å². The molecule has 1 aromatic heterocycles. The Morgan fingerprint density at radius 2 is 1.69 bits per heavy atom. The van der Waals surface area contributed by atoms with Crippen molar-refractivity contribution in [2.75, 3.05) is 31.0 Å². The van der Waals surface area contributed by atoms with Crippen molar-refractivity contribution in [1.82, 2.24) is 14.8 Å². The minimum atomic E-state index is -0.454. The molecule has 1 unspecified atom stereocenters. The number of amides is 1. The highest BCUT2D eigenvalue weighted by Gasteiger charge is 2.37. The molecule has 0 N–H and O–H groups in total. The molecule has 0 radical (unpaired) electrons. The number of carbonyl (C=O) groups excluding carboxylic acids is 2. The molecule has 0 bridgehead atoms. The van der Waals surface area contributed by atoms with Crippen LogP contribution >= 0.6 is 15.9 Å². The predicted octanol–water partition coefficient (Wildman–Crippen LogP) is 3.17. The van der Waals surface area contributed by atoms with Crippen LogP contribution in [0, 0.1) is 0 Å². The molecule has 0 spiro atoms. The van der Waals surface area contributed by atoms with Gasteiger partial charge in [-0.15, -0.1) is 10.2 Å². The number of benzene rings is 2. The van der Waals surface area contributed by atoms with Gasteiger partial charge >= 0.3 is 5.97 Å². The molecule has 0 saturated carbocycles. The van der Waals surface area contributed by atoms with E-state index < -0.39 is 10.9 Å². The van der Waals surface area contributed by atoms with E-state index in [4.69, 9.17) is 4.74 Å². The molecule has 1 atom stereocenters. The van der Waals surface area contributed by atoms with E-state index in [0.717, 1.165) is 11.3 Å². The average Bonchev–Trinajstić information content (AvgIpc) is 3.18. The third-order valence-electron chi connectivity index (χ3n) is 4.68. The van der Waals surface area contributed by atoms with E-state index >= 15 is 0 Å². The van der Waals surface area contributed by atoms with E-state index in [1.807, 2.05) is 47.8 Å². The molecule has 0 aliphatic carbocycles. The summed E-state index contributed by atoms with van der Waals surface area (Å²) in [6, 6.07) is 14.1. The summed E-state index contributed by atoms with van der Waals surface area (Å²) in [5.74, 6) is 0.309. The van der Waals surface area contributed by atoms with E-state index in [1.165, 1.54) is 7.11 Å². The molecule has 0 saturated heterocycles. The summed E-state index contributed by atoms with van der Waals surface area (Å²) >= 11 is 3.65. The first kappa shape index (κ1) is 19.1. The number of alkyl halides is 1. The molecule has 3 aromatic rings. The summed E-state index contributed by atoms with van der Waals surface area (Å²) in [5.41, 5.74) is 2.62. The van der Waals surface area contributed by atoms with Gasteiger partial charge in [0.25, 0.3) is 5.91 Å². The van der Waals surface area contributed by atoms with Crippen LogP contribution in [-0.2, 0) is 4.74 Å². The monoisotopic (exact) mass is 455 g/mol. The topological polar surface area (TPSA) is 80.6 Å². The Bertz CT molecular complexity index is 1090. The second kappa shape index (κ2) is 7.32. The number of anilines is 2. The van der Waals surface area contributed by atoms with Gasteiger partial charge in [-0.05, 0) is 30.3 Å². The van der Waals surface area contributed by atoms with Crippen LogP contribution in [0.2, 0.25) is 0 Å². The minimum Gasteiger partial charge on any atom is -0.465 e. The molecule has 148 valence electrons. The highest BCUT2D eigenvalue weighted by atomic mass is 79.9. The number of halogens is 1. The molecule has 1 aliphatic heterocycles. The Balaban J connectivity index is 1.80. The summed E-state index contributed by atoms with van der Waals surface area (Å²) in [6.07, 6.45) is 0. The lowest BCUT2D eigenvalue weighted by Gasteiger charge is -2.34. The fourth-order valence-electron chi connectivity index (χ4n) is 3.26. The van der Waals surface area contributed by atoms with Crippen molar-refractivity contribution in [2.45, 2.75) is 4.95 Å². The number of methoxy groups -OCH3 is 1. The maximum absolute atomic E-state index is 13.4. The number of esters is 1. The second-order valence-electron chi connectivity index (χ2n) is 6.67. The van der Waals surface area contributed by atoms with E-state index in [9.17, 15) is 9.59 Å². The van der Waals surface area contributed by atoms with Gasteiger partial charge in [-0.1, -0.05) is 34.1 Å². The summed E-state index contributed by atoms with van der Waals surface area (Å²) in [5, 5.41) is 8.55. The summed E-state index contributed by atoms with van der Waals surface area (Å²) < 4.78 is 6.57. The third-order valence-corrected chi connectivity index (χ3v) is 5.58. The molecule has 0 fully saturated rings. The van der Waals surface area contributed by atoms with Gasteiger partial charge in [-0.2, -0.15) is 0 Å². The number of hydrogen-bond acceptors (Lipinski definition) is 6. The Hall–Kier alpha value is -3.20. The lowest BCUT2D eigenvalue weighted by atomic mass is 10.1. The van der Waals surface area contributed by atoms with E-state index in [2.05, 4.69) is 26.1 Å². The largest absolute Gasteiger partial charge is 0.465 e. The summed E-state index contributed by atoms with van der Waals surface area (Å²) in [4.78, 5) is 28.0. The van der Waals surface area contributed by atoms with Crippen LogP contribution in [0.1, 0.15) is 31.2 Å². The number of ether oxygens (including phenoxy) is 1. The number of nitrogens with zero attached hydrogens (tertiary/aromatic N) is 5. The zero-order valence-corrected chi connectivity index (χ0v) is 17.6. The van der Waals surface area contributed by atoms with Crippen LogP contribution < -0.4 is 9.80 Å². The molecule has 2 heterocycles. The van der Waals surface area contributed by atoms with Crippen LogP contribution in [-0.4, -0.2) is 47.8 Å². The molecule has 1 aliphatic rings. The lowest BCUT2D eigenvalue weighted by molar-refractivity contribution is 0.0600. The van der Waals surface area contributed by atoms with Gasteiger partial charge in [0.05, 0.1) is 18.4 Å². The maximum Gasteiger partial charge on any atom is 0.337 e. The first-order valence-corrected chi connectivity index (χ1v) is 9.73. The average molecular weight is 456 g/mol. The molecule has 9 heteroatoms. The van der Waals surface area contributed by atoms with Crippen molar-refractivity contribution in [3.05, 3.63) is 65.2 Å². The molecular weight excluding hydrogens is 438 g/mol. The van der Waals surface area contributed by atoms with Crippen molar-refractivity contribution in [1.29, 1.82) is 0 Å². The SMILES string of the molecule is COC(=O)c1ccc(C(=O)N2c3nnc(N(C)C)n3-c3ccccc3C2Br)cc1. The van der Waals surface area contributed by atoms with Gasteiger partial charge in [-0.25, -0.2) is 9.36 Å². The highest BCUT2D eigenvalue weighted by molar-refractivity contribution is 9.09. The second-order valence-corrected chi connectivity index (χ2v) is 7.54. The maximum atomic E-state index is 13.4. The normalized spacial score (nSPS) is 14.8. The minimum absolute atomic E-state index is 0.267. The Morgan fingerprint density at radius 3 is 2.34 bits per heavy atom. The summed E-state index contributed by atoms with van der Waals surface area (Å²) in [6.45, 7) is 0. The van der Waals surface area contributed by atoms with E-state index in [-0.39, 0.29) is 5.91 Å². The van der Waals surface area contributed by atoms with Crippen molar-refractivity contribution in [3.63, 3.8) is 0 Å². The van der Waals surface area contributed by atoms with Crippen molar-refractivity contribution in [2.24, 2.45) is 0 Å². The molecule has 2 aromatic carbocycles. The number of rotatable bonds is 3. The Labute approximate surface area is 175 Å². The molecule has 8 nitrogen and oxygen atoms in total. The van der Waals surface area contributed by atoms with Gasteiger partial charge < -0.3 is 9.64 Å². The van der Waals surface area contributed by atoms with Crippen LogP contribution in [0.15, 0.2) is 48.5 Å². The van der Waals surface area contributed by atoms with Crippen LogP contribution in [0.5, 0.6) is 0 Å². The molecule has 4 rings (SSSR count). The fourth-order valence-corrected chi connectivity index (χ4v) is 4.02. The van der Waals surface area contributed by atoms with Crippen LogP contribution in [0.4, 0.5) is 11.9 Å². The van der Waals surface area contributed by atoms with Gasteiger partial charge in [0.15, 0.2) is 0 Å². The van der Waals surface area contributed by atoms with Crippen LogP contribution in [0.3, 0.4) is 0 Å². The van der Waals surface area contributed by atoms with Gasteiger partial charge in [0, 0.05) is 25.2 Å². The lowest BCUT2D eigenvalue weighted by Crippen LogP contribution is -2.38. The number of para-hydroxylation sites is 1. The molecular formula is C20H18BrN5O3. The quantitative estimate of drug-likeness (QED) is 0.342. The van der Waals surface area contributed by atoms with Crippen molar-refractivity contribution in [3.8, 4) is 5.69 Å². The number of fused-ring (bicyclic) bond motifs is 3. The van der Waals surface area contributed by atoms with E-state index in [1.54, 1.807) is 29.2 Å². The smallest absolute Gasteiger partial charge is 0.337 e. The highest BCUT2D eigenvalue weighted by Crippen LogP contribution is 2.43. The number of carbonyl (C=O) groups is 2. The van der Waals surface area contributed by atoms with Crippen molar-refractivity contribution < 1.29 is 14.3 Å². The molecule has 1 amide bonds. The zero-order chi connectivity index (χ0) is 20.7. The fraction of sp³-hybridized carbons (Fsp3) is 0.200. The van der Waals surface area contributed by atoms with Gasteiger partial charge in [0.1, 0.15) is 4.95 Å². The predicted molar refractivity (Wildman–Crippen MR) is 112 cm³/mol. The van der Waals surface area contributed by atoms with E-state index in [0.29, 0.717) is 23.0 Å². The number of hydrogen-bond donors (Lipinski definition) is 0. The Kier molecular flexibility index (Phi) is 4.83. The van der Waals surface area contributed by atoms with Crippen LogP contribution in [0.25, 0.3) is 5.69 Å². The standard InChI is InChI=1S/C20H18BrN5O3/c1-24(2)19-22-23-20-25(19)15-7-5-4-6-14(15)16(21)26(20)17(27)12-8-10-13(11-9-12)18(28)29-3/h4-11,16H,1-3H3. The third kappa shape index (κ3) is 3.07. The number of aromatic nitrogens is 3. The Morgan fingerprint density at radius 1 is 1.03 bits per heavy atom. The molecule has 29 heavy (non-hydrogen) atoms. The van der Waals surface area contributed by atoms with Gasteiger partial charge in [-0.3, -0.25) is 9.69 Å². The summed E-state index contributed by atoms with van der Waals surface area (Å²) in [7, 11) is 5.06. The first-order chi connectivity index (χ1) is 13.9. The van der Waals surface area contributed by atoms with Gasteiger partial charge in [0.2, 0.25) is 11.9 Å². The zero-order valence-electron chi connectivity index (χ0n) is 16.0. The first-order valence-electron chi connectivity index (χ1n) is 8.82.